The lowest BCUT2D eigenvalue weighted by Gasteiger charge is -2.31. The van der Waals surface area contributed by atoms with Crippen molar-refractivity contribution >= 4 is 5.78 Å². The van der Waals surface area contributed by atoms with Crippen molar-refractivity contribution in [1.82, 2.24) is 4.90 Å². The molecule has 1 saturated heterocycles. The number of rotatable bonds is 2. The lowest BCUT2D eigenvalue weighted by molar-refractivity contribution is -0.120. The largest absolute Gasteiger partial charge is 0.366 e. The van der Waals surface area contributed by atoms with Crippen LogP contribution in [-0.4, -0.2) is 37.1 Å². The number of hydrogen-bond acceptors (Lipinski definition) is 3. The first-order valence-electron chi connectivity index (χ1n) is 3.97. The maximum atomic E-state index is 10.8. The van der Waals surface area contributed by atoms with Gasteiger partial charge in [0.05, 0.1) is 6.73 Å². The molecule has 1 fully saturated rings. The summed E-state index contributed by atoms with van der Waals surface area (Å²) in [5.41, 5.74) is 0. The van der Waals surface area contributed by atoms with Crippen LogP contribution in [0.4, 0.5) is 0 Å². The van der Waals surface area contributed by atoms with Gasteiger partial charge in [-0.25, -0.2) is 0 Å². The Labute approximate surface area is 67.3 Å². The molecule has 11 heavy (non-hydrogen) atoms. The summed E-state index contributed by atoms with van der Waals surface area (Å²) in [5, 5.41) is 0. The molecule has 64 valence electrons. The fraction of sp³-hybridized carbons (Fsp3) is 0.875. The van der Waals surface area contributed by atoms with Crippen molar-refractivity contribution in [2.45, 2.75) is 25.8 Å². The second kappa shape index (κ2) is 3.83. The zero-order valence-corrected chi connectivity index (χ0v) is 7.17. The minimum atomic E-state index is 0.267. The van der Waals surface area contributed by atoms with Crippen LogP contribution in [0.25, 0.3) is 0 Å². The third-order valence-electron chi connectivity index (χ3n) is 2.04. The van der Waals surface area contributed by atoms with Crippen molar-refractivity contribution in [3.63, 3.8) is 0 Å². The van der Waals surface area contributed by atoms with E-state index in [9.17, 15) is 4.79 Å². The Balaban J connectivity index is 2.35. The third-order valence-corrected chi connectivity index (χ3v) is 2.04. The fourth-order valence-corrected chi connectivity index (χ4v) is 1.34. The summed E-state index contributed by atoms with van der Waals surface area (Å²) in [4.78, 5) is 12.9. The highest BCUT2D eigenvalue weighted by Gasteiger charge is 2.19. The lowest BCUT2D eigenvalue weighted by Crippen LogP contribution is -2.40. The van der Waals surface area contributed by atoms with E-state index in [1.807, 2.05) is 7.05 Å². The first-order chi connectivity index (χ1) is 5.20. The molecule has 1 heterocycles. The van der Waals surface area contributed by atoms with Crippen LogP contribution in [0.2, 0.25) is 0 Å². The highest BCUT2D eigenvalue weighted by atomic mass is 16.5. The van der Waals surface area contributed by atoms with Crippen LogP contribution in [0.1, 0.15) is 19.8 Å². The van der Waals surface area contributed by atoms with E-state index in [0.29, 0.717) is 19.2 Å². The van der Waals surface area contributed by atoms with Gasteiger partial charge in [-0.3, -0.25) is 9.69 Å². The summed E-state index contributed by atoms with van der Waals surface area (Å²) in [5.74, 6) is 0.267. The summed E-state index contributed by atoms with van der Waals surface area (Å²) in [6, 6.07) is 0.404. The fourth-order valence-electron chi connectivity index (χ4n) is 1.34. The zero-order valence-electron chi connectivity index (χ0n) is 7.17. The SMILES string of the molecule is CC(=O)CC1CCOCN1C. The Morgan fingerprint density at radius 1 is 1.73 bits per heavy atom. The van der Waals surface area contributed by atoms with Crippen molar-refractivity contribution in [2.75, 3.05) is 20.4 Å². The van der Waals surface area contributed by atoms with Crippen LogP contribution >= 0.6 is 0 Å². The Bertz CT molecular complexity index is 147. The van der Waals surface area contributed by atoms with Gasteiger partial charge in [0, 0.05) is 19.1 Å². The Morgan fingerprint density at radius 3 is 3.00 bits per heavy atom. The molecule has 0 bridgehead atoms. The highest BCUT2D eigenvalue weighted by Crippen LogP contribution is 2.12. The average Bonchev–Trinajstić information content (AvgIpc) is 1.93. The molecular formula is C8H15NO2. The van der Waals surface area contributed by atoms with E-state index >= 15 is 0 Å². The molecule has 1 aliphatic rings. The van der Waals surface area contributed by atoms with Crippen molar-refractivity contribution in [2.24, 2.45) is 0 Å². The minimum Gasteiger partial charge on any atom is -0.366 e. The van der Waals surface area contributed by atoms with Crippen LogP contribution in [-0.2, 0) is 9.53 Å². The van der Waals surface area contributed by atoms with Gasteiger partial charge in [-0.1, -0.05) is 0 Å². The molecule has 0 saturated carbocycles. The smallest absolute Gasteiger partial charge is 0.131 e. The molecule has 0 N–H and O–H groups in total. The number of hydrogen-bond donors (Lipinski definition) is 0. The predicted octanol–water partition coefficient (Wildman–Crippen LogP) is 0.644. The van der Waals surface area contributed by atoms with E-state index < -0.39 is 0 Å². The topological polar surface area (TPSA) is 29.5 Å². The maximum Gasteiger partial charge on any atom is 0.131 e. The number of carbonyl (C=O) groups excluding carboxylic acids is 1. The van der Waals surface area contributed by atoms with Crippen LogP contribution in [0.3, 0.4) is 0 Å². The van der Waals surface area contributed by atoms with E-state index in [1.54, 1.807) is 6.92 Å². The van der Waals surface area contributed by atoms with Crippen molar-refractivity contribution in [3.05, 3.63) is 0 Å². The lowest BCUT2D eigenvalue weighted by atomic mass is 10.1. The quantitative estimate of drug-likeness (QED) is 0.589. The molecule has 3 nitrogen and oxygen atoms in total. The number of carbonyl (C=O) groups is 1. The zero-order chi connectivity index (χ0) is 8.27. The van der Waals surface area contributed by atoms with Gasteiger partial charge < -0.3 is 4.74 Å². The molecule has 0 amide bonds. The van der Waals surface area contributed by atoms with Crippen molar-refractivity contribution in [1.29, 1.82) is 0 Å². The summed E-state index contributed by atoms with van der Waals surface area (Å²) >= 11 is 0. The standard InChI is InChI=1S/C8H15NO2/c1-7(10)5-8-3-4-11-6-9(8)2/h8H,3-6H2,1-2H3. The van der Waals surface area contributed by atoms with Crippen LogP contribution in [0.5, 0.6) is 0 Å². The molecule has 0 aromatic heterocycles. The summed E-state index contributed by atoms with van der Waals surface area (Å²) in [6.07, 6.45) is 1.65. The molecule has 0 spiro atoms. The first-order valence-corrected chi connectivity index (χ1v) is 3.97. The van der Waals surface area contributed by atoms with Gasteiger partial charge in [-0.05, 0) is 20.4 Å². The van der Waals surface area contributed by atoms with E-state index in [4.69, 9.17) is 4.74 Å². The summed E-state index contributed by atoms with van der Waals surface area (Å²) in [6.45, 7) is 3.10. The van der Waals surface area contributed by atoms with Gasteiger partial charge in [0.1, 0.15) is 5.78 Å². The Hall–Kier alpha value is -0.410. The highest BCUT2D eigenvalue weighted by molar-refractivity contribution is 5.76. The molecule has 0 aromatic carbocycles. The summed E-state index contributed by atoms with van der Waals surface area (Å²) in [7, 11) is 1.99. The number of Topliss-reactive ketones (excluding diaryl/α,β-unsaturated/α-hetero) is 1. The van der Waals surface area contributed by atoms with Gasteiger partial charge in [0.25, 0.3) is 0 Å². The van der Waals surface area contributed by atoms with Crippen molar-refractivity contribution < 1.29 is 9.53 Å². The number of nitrogens with zero attached hydrogens (tertiary/aromatic N) is 1. The van der Waals surface area contributed by atoms with Crippen molar-refractivity contribution in [3.8, 4) is 0 Å². The average molecular weight is 157 g/mol. The second-order valence-corrected chi connectivity index (χ2v) is 3.14. The molecule has 0 aromatic rings. The van der Waals surface area contributed by atoms with Gasteiger partial charge in [-0.2, -0.15) is 0 Å². The Morgan fingerprint density at radius 2 is 2.45 bits per heavy atom. The van der Waals surface area contributed by atoms with Crippen LogP contribution in [0.15, 0.2) is 0 Å². The van der Waals surface area contributed by atoms with E-state index in [2.05, 4.69) is 4.90 Å². The molecule has 1 rings (SSSR count). The normalized spacial score (nSPS) is 26.9. The van der Waals surface area contributed by atoms with E-state index in [1.165, 1.54) is 0 Å². The molecule has 1 unspecified atom stereocenters. The van der Waals surface area contributed by atoms with Crippen LogP contribution in [0, 0.1) is 0 Å². The molecule has 0 radical (unpaired) electrons. The maximum absolute atomic E-state index is 10.8. The van der Waals surface area contributed by atoms with E-state index in [0.717, 1.165) is 13.0 Å². The minimum absolute atomic E-state index is 0.267. The molecular weight excluding hydrogens is 142 g/mol. The Kier molecular flexibility index (Phi) is 3.02. The van der Waals surface area contributed by atoms with E-state index in [-0.39, 0.29) is 5.78 Å². The summed E-state index contributed by atoms with van der Waals surface area (Å²) < 4.78 is 5.21. The first kappa shape index (κ1) is 8.68. The van der Waals surface area contributed by atoms with Gasteiger partial charge in [0.15, 0.2) is 0 Å². The molecule has 3 heteroatoms. The monoisotopic (exact) mass is 157 g/mol. The number of ketones is 1. The second-order valence-electron chi connectivity index (χ2n) is 3.14. The number of ether oxygens (including phenoxy) is 1. The molecule has 1 atom stereocenters. The van der Waals surface area contributed by atoms with Crippen LogP contribution < -0.4 is 0 Å². The third kappa shape index (κ3) is 2.60. The van der Waals surface area contributed by atoms with Gasteiger partial charge in [0.2, 0.25) is 0 Å². The van der Waals surface area contributed by atoms with Gasteiger partial charge in [-0.15, -0.1) is 0 Å². The van der Waals surface area contributed by atoms with Gasteiger partial charge >= 0.3 is 0 Å². The predicted molar refractivity (Wildman–Crippen MR) is 42.3 cm³/mol. The molecule has 0 aliphatic carbocycles. The molecule has 1 aliphatic heterocycles.